The van der Waals surface area contributed by atoms with Crippen molar-refractivity contribution in [2.45, 2.75) is 38.1 Å². The fourth-order valence-electron chi connectivity index (χ4n) is 3.70. The van der Waals surface area contributed by atoms with E-state index in [-0.39, 0.29) is 12.1 Å². The summed E-state index contributed by atoms with van der Waals surface area (Å²) >= 11 is 0. The molecule has 3 atom stereocenters. The molecule has 6 nitrogen and oxygen atoms in total. The highest BCUT2D eigenvalue weighted by Crippen LogP contribution is 2.28. The van der Waals surface area contributed by atoms with Gasteiger partial charge in [0.05, 0.1) is 12.4 Å². The summed E-state index contributed by atoms with van der Waals surface area (Å²) in [6.07, 6.45) is 14.4. The molecule has 1 unspecified atom stereocenters. The Hall–Kier alpha value is -2.57. The molecule has 3 aromatic heterocycles. The number of imidazole rings is 1. The summed E-state index contributed by atoms with van der Waals surface area (Å²) in [5, 5.41) is 13.9. The zero-order chi connectivity index (χ0) is 17.8. The summed E-state index contributed by atoms with van der Waals surface area (Å²) in [6, 6.07) is 6.20. The van der Waals surface area contributed by atoms with Crippen molar-refractivity contribution >= 4 is 0 Å². The monoisotopic (exact) mass is 349 g/mol. The summed E-state index contributed by atoms with van der Waals surface area (Å²) in [5.41, 5.74) is 3.22. The highest BCUT2D eigenvalue weighted by molar-refractivity contribution is 5.61. The first-order chi connectivity index (χ1) is 12.8. The van der Waals surface area contributed by atoms with Crippen LogP contribution < -0.4 is 5.32 Å². The van der Waals surface area contributed by atoms with Gasteiger partial charge in [0, 0.05) is 67.4 Å². The predicted octanol–water partition coefficient (Wildman–Crippen LogP) is 2.27. The smallest absolute Gasteiger partial charge is 0.0945 e. The lowest BCUT2D eigenvalue weighted by atomic mass is 10.1. The van der Waals surface area contributed by atoms with Crippen LogP contribution in [0.1, 0.15) is 18.4 Å². The van der Waals surface area contributed by atoms with Crippen LogP contribution in [0.4, 0.5) is 0 Å². The van der Waals surface area contributed by atoms with Crippen molar-refractivity contribution in [1.82, 2.24) is 24.8 Å². The minimum absolute atomic E-state index is 0.116. The van der Waals surface area contributed by atoms with Crippen LogP contribution in [0.3, 0.4) is 0 Å². The van der Waals surface area contributed by atoms with Crippen molar-refractivity contribution in [3.8, 4) is 11.1 Å². The summed E-state index contributed by atoms with van der Waals surface area (Å²) in [5.74, 6) is 0.469. The SMILES string of the molecule is O[C@@H]1CC(Cn2ccnc2)C[C@H]1NCc1cncc(-c2cccnc2)c1. The summed E-state index contributed by atoms with van der Waals surface area (Å²) in [4.78, 5) is 12.6. The van der Waals surface area contributed by atoms with Crippen LogP contribution in [0.5, 0.6) is 0 Å². The highest BCUT2D eigenvalue weighted by atomic mass is 16.3. The van der Waals surface area contributed by atoms with E-state index in [0.29, 0.717) is 12.5 Å². The molecular weight excluding hydrogens is 326 g/mol. The first-order valence-corrected chi connectivity index (χ1v) is 8.99. The predicted molar refractivity (Wildman–Crippen MR) is 99.1 cm³/mol. The maximum atomic E-state index is 10.4. The lowest BCUT2D eigenvalue weighted by molar-refractivity contribution is 0.145. The molecule has 0 spiro atoms. The molecule has 1 fully saturated rings. The van der Waals surface area contributed by atoms with Gasteiger partial charge in [-0.1, -0.05) is 6.07 Å². The van der Waals surface area contributed by atoms with Crippen LogP contribution in [-0.4, -0.2) is 36.8 Å². The Kier molecular flexibility index (Phi) is 5.04. The van der Waals surface area contributed by atoms with Crippen LogP contribution in [-0.2, 0) is 13.1 Å². The van der Waals surface area contributed by atoms with Crippen molar-refractivity contribution in [2.24, 2.45) is 5.92 Å². The van der Waals surface area contributed by atoms with Crippen LogP contribution in [0.2, 0.25) is 0 Å². The second-order valence-corrected chi connectivity index (χ2v) is 6.98. The summed E-state index contributed by atoms with van der Waals surface area (Å²) < 4.78 is 2.08. The van der Waals surface area contributed by atoms with Gasteiger partial charge >= 0.3 is 0 Å². The van der Waals surface area contributed by atoms with E-state index in [2.05, 4.69) is 30.9 Å². The fraction of sp³-hybridized carbons (Fsp3) is 0.350. The largest absolute Gasteiger partial charge is 0.391 e. The summed E-state index contributed by atoms with van der Waals surface area (Å²) in [6.45, 7) is 1.61. The minimum atomic E-state index is -0.307. The lowest BCUT2D eigenvalue weighted by Gasteiger charge is -2.16. The second-order valence-electron chi connectivity index (χ2n) is 6.98. The van der Waals surface area contributed by atoms with Gasteiger partial charge in [-0.15, -0.1) is 0 Å². The van der Waals surface area contributed by atoms with E-state index >= 15 is 0 Å². The third-order valence-electron chi connectivity index (χ3n) is 5.01. The lowest BCUT2D eigenvalue weighted by Crippen LogP contribution is -2.35. The molecule has 0 radical (unpaired) electrons. The molecule has 1 saturated carbocycles. The van der Waals surface area contributed by atoms with Crippen molar-refractivity contribution in [3.05, 3.63) is 67.3 Å². The van der Waals surface area contributed by atoms with E-state index in [9.17, 15) is 5.11 Å². The molecule has 1 aliphatic carbocycles. The van der Waals surface area contributed by atoms with Crippen molar-refractivity contribution < 1.29 is 5.11 Å². The second kappa shape index (κ2) is 7.76. The average Bonchev–Trinajstić information content (AvgIpc) is 3.31. The number of aliphatic hydroxyl groups excluding tert-OH is 1. The van der Waals surface area contributed by atoms with Gasteiger partial charge in [0.1, 0.15) is 0 Å². The van der Waals surface area contributed by atoms with Gasteiger partial charge in [0.25, 0.3) is 0 Å². The molecule has 2 N–H and O–H groups in total. The van der Waals surface area contributed by atoms with E-state index in [1.54, 1.807) is 12.4 Å². The molecule has 0 aliphatic heterocycles. The number of rotatable bonds is 6. The number of hydrogen-bond donors (Lipinski definition) is 2. The molecule has 3 aromatic rings. The molecule has 134 valence electrons. The maximum Gasteiger partial charge on any atom is 0.0945 e. The van der Waals surface area contributed by atoms with Crippen LogP contribution >= 0.6 is 0 Å². The van der Waals surface area contributed by atoms with Crippen LogP contribution in [0.25, 0.3) is 11.1 Å². The highest BCUT2D eigenvalue weighted by Gasteiger charge is 2.32. The van der Waals surface area contributed by atoms with Crippen molar-refractivity contribution in [1.29, 1.82) is 0 Å². The van der Waals surface area contributed by atoms with Gasteiger partial charge in [-0.2, -0.15) is 0 Å². The van der Waals surface area contributed by atoms with E-state index in [1.165, 1.54) is 0 Å². The molecule has 26 heavy (non-hydrogen) atoms. The zero-order valence-corrected chi connectivity index (χ0v) is 14.6. The average molecular weight is 349 g/mol. The number of aliphatic hydroxyl groups is 1. The van der Waals surface area contributed by atoms with Crippen LogP contribution in [0.15, 0.2) is 61.7 Å². The molecule has 0 bridgehead atoms. The molecule has 1 aliphatic rings. The zero-order valence-electron chi connectivity index (χ0n) is 14.6. The Morgan fingerprint density at radius 1 is 1.08 bits per heavy atom. The third-order valence-corrected chi connectivity index (χ3v) is 5.01. The number of nitrogens with one attached hydrogen (secondary N) is 1. The number of hydrogen-bond acceptors (Lipinski definition) is 5. The minimum Gasteiger partial charge on any atom is -0.391 e. The van der Waals surface area contributed by atoms with E-state index in [4.69, 9.17) is 0 Å². The molecule has 4 rings (SSSR count). The standard InChI is InChI=1S/C20H23N5O/c26-20-8-15(13-25-5-4-22-14-25)7-19(20)24-10-16-6-18(12-23-9-16)17-2-1-3-21-11-17/h1-6,9,11-12,14-15,19-20,24,26H,7-8,10,13H2/t15?,19-,20-/m1/s1. The van der Waals surface area contributed by atoms with E-state index in [0.717, 1.165) is 36.1 Å². The van der Waals surface area contributed by atoms with E-state index in [1.807, 2.05) is 43.2 Å². The molecule has 0 aromatic carbocycles. The first kappa shape index (κ1) is 16.9. The Labute approximate surface area is 153 Å². The number of pyridine rings is 2. The Balaban J connectivity index is 1.35. The Bertz CT molecular complexity index is 821. The molecule has 0 amide bonds. The van der Waals surface area contributed by atoms with Gasteiger partial charge in [-0.05, 0) is 36.5 Å². The summed E-state index contributed by atoms with van der Waals surface area (Å²) in [7, 11) is 0. The molecule has 3 heterocycles. The maximum absolute atomic E-state index is 10.4. The van der Waals surface area contributed by atoms with Gasteiger partial charge in [0.15, 0.2) is 0 Å². The van der Waals surface area contributed by atoms with Crippen molar-refractivity contribution in [3.63, 3.8) is 0 Å². The van der Waals surface area contributed by atoms with Gasteiger partial charge in [0.2, 0.25) is 0 Å². The van der Waals surface area contributed by atoms with Gasteiger partial charge in [-0.25, -0.2) is 4.98 Å². The number of nitrogens with zero attached hydrogens (tertiary/aromatic N) is 4. The van der Waals surface area contributed by atoms with Gasteiger partial charge in [-0.3, -0.25) is 9.97 Å². The molecule has 0 saturated heterocycles. The fourth-order valence-corrected chi connectivity index (χ4v) is 3.70. The third kappa shape index (κ3) is 3.98. The van der Waals surface area contributed by atoms with Crippen LogP contribution in [0, 0.1) is 5.92 Å². The molecule has 6 heteroatoms. The normalized spacial score (nSPS) is 22.6. The molecular formula is C20H23N5O. The van der Waals surface area contributed by atoms with Gasteiger partial charge < -0.3 is 15.0 Å². The number of aromatic nitrogens is 4. The van der Waals surface area contributed by atoms with E-state index < -0.39 is 0 Å². The quantitative estimate of drug-likeness (QED) is 0.714. The topological polar surface area (TPSA) is 75.9 Å². The Morgan fingerprint density at radius 3 is 2.81 bits per heavy atom. The Morgan fingerprint density at radius 2 is 2.00 bits per heavy atom. The van der Waals surface area contributed by atoms with Crippen molar-refractivity contribution in [2.75, 3.05) is 0 Å². The first-order valence-electron chi connectivity index (χ1n) is 8.99.